The quantitative estimate of drug-likeness (QED) is 0.480. The molecule has 188 valence electrons. The Labute approximate surface area is 209 Å². The summed E-state index contributed by atoms with van der Waals surface area (Å²) in [5.41, 5.74) is 1.89. The van der Waals surface area contributed by atoms with Gasteiger partial charge in [-0.1, -0.05) is 42.0 Å². The summed E-state index contributed by atoms with van der Waals surface area (Å²) in [4.78, 5) is 39.1. The second-order valence-electron chi connectivity index (χ2n) is 9.05. The third-order valence-corrected chi connectivity index (χ3v) is 6.17. The molecule has 8 heteroatoms. The smallest absolute Gasteiger partial charge is 0.257 e. The van der Waals surface area contributed by atoms with Crippen molar-refractivity contribution < 1.29 is 18.7 Å². The molecular weight excluding hydrogens is 461 g/mol. The van der Waals surface area contributed by atoms with Gasteiger partial charge in [0.05, 0.1) is 6.10 Å². The van der Waals surface area contributed by atoms with Crippen LogP contribution in [0.5, 0.6) is 0 Å². The number of rotatable bonds is 9. The fourth-order valence-electron chi connectivity index (χ4n) is 4.18. The maximum absolute atomic E-state index is 13.4. The van der Waals surface area contributed by atoms with Crippen molar-refractivity contribution in [2.75, 3.05) is 13.2 Å². The molecule has 1 unspecified atom stereocenters. The molecule has 2 heterocycles. The molecule has 1 atom stereocenters. The van der Waals surface area contributed by atoms with Crippen molar-refractivity contribution in [3.8, 4) is 0 Å². The van der Waals surface area contributed by atoms with Gasteiger partial charge in [0.2, 0.25) is 5.43 Å². The van der Waals surface area contributed by atoms with Crippen molar-refractivity contribution in [3.05, 3.63) is 105 Å². The van der Waals surface area contributed by atoms with E-state index in [0.717, 1.165) is 29.5 Å². The number of amides is 2. The Bertz CT molecular complexity index is 1280. The van der Waals surface area contributed by atoms with Gasteiger partial charge in [0.25, 0.3) is 11.8 Å². The summed E-state index contributed by atoms with van der Waals surface area (Å²) in [6.45, 7) is 3.56. The number of aryl methyl sites for hydroxylation is 1. The van der Waals surface area contributed by atoms with Gasteiger partial charge in [-0.3, -0.25) is 14.4 Å². The molecule has 0 radical (unpaired) electrons. The number of pyridine rings is 1. The molecule has 1 aliphatic heterocycles. The minimum atomic E-state index is -0.636. The van der Waals surface area contributed by atoms with E-state index in [2.05, 4.69) is 10.6 Å². The number of carbonyl (C=O) groups is 2. The summed E-state index contributed by atoms with van der Waals surface area (Å²) in [5.74, 6) is -1.47. The molecular formula is C28H30FN3O4. The van der Waals surface area contributed by atoms with Gasteiger partial charge in [-0.25, -0.2) is 4.39 Å². The third kappa shape index (κ3) is 6.66. The number of nitrogens with one attached hydrogen (secondary N) is 2. The molecule has 4 rings (SSSR count). The highest BCUT2D eigenvalue weighted by atomic mass is 19.1. The summed E-state index contributed by atoms with van der Waals surface area (Å²) >= 11 is 0. The van der Waals surface area contributed by atoms with E-state index in [9.17, 15) is 18.8 Å². The van der Waals surface area contributed by atoms with E-state index in [-0.39, 0.29) is 36.1 Å². The van der Waals surface area contributed by atoms with Crippen LogP contribution in [0, 0.1) is 12.7 Å². The number of ether oxygens (including phenoxy) is 1. The molecule has 2 amide bonds. The van der Waals surface area contributed by atoms with Gasteiger partial charge < -0.3 is 19.9 Å². The molecule has 0 bridgehead atoms. The van der Waals surface area contributed by atoms with Crippen LogP contribution in [0.4, 0.5) is 4.39 Å². The van der Waals surface area contributed by atoms with E-state index in [1.807, 2.05) is 31.2 Å². The normalized spacial score (nSPS) is 15.0. The van der Waals surface area contributed by atoms with Crippen molar-refractivity contribution >= 4 is 11.8 Å². The Kier molecular flexibility index (Phi) is 8.28. The Morgan fingerprint density at radius 2 is 1.75 bits per heavy atom. The van der Waals surface area contributed by atoms with Gasteiger partial charge in [-0.2, -0.15) is 0 Å². The van der Waals surface area contributed by atoms with E-state index in [1.54, 1.807) is 16.7 Å². The molecule has 36 heavy (non-hydrogen) atoms. The lowest BCUT2D eigenvalue weighted by Crippen LogP contribution is -2.36. The average Bonchev–Trinajstić information content (AvgIpc) is 3.37. The second kappa shape index (κ2) is 11.8. The molecule has 1 fully saturated rings. The molecule has 2 aromatic carbocycles. The van der Waals surface area contributed by atoms with Crippen LogP contribution in [0.1, 0.15) is 50.2 Å². The highest BCUT2D eigenvalue weighted by Gasteiger charge is 2.22. The van der Waals surface area contributed by atoms with Gasteiger partial charge in [-0.15, -0.1) is 0 Å². The van der Waals surface area contributed by atoms with Crippen molar-refractivity contribution in [2.24, 2.45) is 0 Å². The summed E-state index contributed by atoms with van der Waals surface area (Å²) < 4.78 is 20.8. The Balaban J connectivity index is 1.51. The molecule has 0 saturated carbocycles. The lowest BCUT2D eigenvalue weighted by Gasteiger charge is -2.16. The van der Waals surface area contributed by atoms with Crippen LogP contribution in [0.15, 0.2) is 65.7 Å². The fraction of sp³-hybridized carbons (Fsp3) is 0.321. The van der Waals surface area contributed by atoms with Gasteiger partial charge in [0.1, 0.15) is 16.9 Å². The van der Waals surface area contributed by atoms with E-state index < -0.39 is 17.2 Å². The lowest BCUT2D eigenvalue weighted by atomic mass is 10.1. The summed E-state index contributed by atoms with van der Waals surface area (Å²) in [6.07, 6.45) is 5.14. The van der Waals surface area contributed by atoms with Crippen LogP contribution in [0.2, 0.25) is 0 Å². The molecule has 7 nitrogen and oxygen atoms in total. The fourth-order valence-corrected chi connectivity index (χ4v) is 4.18. The van der Waals surface area contributed by atoms with E-state index in [0.29, 0.717) is 19.6 Å². The van der Waals surface area contributed by atoms with E-state index >= 15 is 0 Å². The maximum atomic E-state index is 13.4. The zero-order chi connectivity index (χ0) is 25.5. The molecule has 1 saturated heterocycles. The number of nitrogens with zero attached hydrogens (tertiary/aromatic N) is 1. The van der Waals surface area contributed by atoms with Crippen LogP contribution in [0.25, 0.3) is 0 Å². The monoisotopic (exact) mass is 491 g/mol. The third-order valence-electron chi connectivity index (χ3n) is 6.17. The first-order valence-electron chi connectivity index (χ1n) is 12.1. The van der Waals surface area contributed by atoms with Crippen molar-refractivity contribution in [1.82, 2.24) is 15.2 Å². The molecule has 2 N–H and O–H groups in total. The van der Waals surface area contributed by atoms with Crippen molar-refractivity contribution in [3.63, 3.8) is 0 Å². The molecule has 0 spiro atoms. The van der Waals surface area contributed by atoms with Crippen LogP contribution < -0.4 is 16.1 Å². The number of halogens is 1. The Morgan fingerprint density at radius 1 is 1.03 bits per heavy atom. The number of benzene rings is 2. The predicted octanol–water partition coefficient (Wildman–Crippen LogP) is 3.38. The Hall–Kier alpha value is -3.78. The highest BCUT2D eigenvalue weighted by Crippen LogP contribution is 2.14. The topological polar surface area (TPSA) is 89.4 Å². The van der Waals surface area contributed by atoms with Crippen LogP contribution in [0.3, 0.4) is 0 Å². The molecule has 3 aromatic rings. The molecule has 1 aliphatic rings. The van der Waals surface area contributed by atoms with Crippen molar-refractivity contribution in [2.45, 2.75) is 45.4 Å². The van der Waals surface area contributed by atoms with Gasteiger partial charge in [-0.05, 0) is 49.4 Å². The van der Waals surface area contributed by atoms with Crippen LogP contribution >= 0.6 is 0 Å². The summed E-state index contributed by atoms with van der Waals surface area (Å²) in [7, 11) is 0. The van der Waals surface area contributed by atoms with Crippen molar-refractivity contribution in [1.29, 1.82) is 0 Å². The number of carbonyl (C=O) groups excluding carboxylic acids is 2. The number of hydrogen-bond donors (Lipinski definition) is 2. The maximum Gasteiger partial charge on any atom is 0.257 e. The summed E-state index contributed by atoms with van der Waals surface area (Å²) in [5, 5.41) is 5.50. The van der Waals surface area contributed by atoms with Crippen LogP contribution in [-0.4, -0.2) is 35.6 Å². The average molecular weight is 492 g/mol. The number of aromatic nitrogens is 1. The SMILES string of the molecule is Cc1ccc(CNC(=O)c2cn(CC3CCCO3)cc(C(=O)NCCc3cccc(F)c3)c2=O)cc1. The van der Waals surface area contributed by atoms with E-state index in [1.165, 1.54) is 24.5 Å². The molecule has 0 aliphatic carbocycles. The Morgan fingerprint density at radius 3 is 2.42 bits per heavy atom. The standard InChI is InChI=1S/C28H30FN3O4/c1-19-7-9-21(10-8-19)15-31-28(35)25-18-32(16-23-6-3-13-36-23)17-24(26(25)33)27(34)30-12-11-20-4-2-5-22(29)14-20/h2,4-5,7-10,14,17-18,23H,3,6,11-13,15-16H2,1H3,(H,30,34)(H,31,35). The first-order valence-corrected chi connectivity index (χ1v) is 12.1. The second-order valence-corrected chi connectivity index (χ2v) is 9.05. The highest BCUT2D eigenvalue weighted by molar-refractivity contribution is 5.99. The summed E-state index contributed by atoms with van der Waals surface area (Å²) in [6, 6.07) is 13.9. The first-order chi connectivity index (χ1) is 17.4. The minimum absolute atomic E-state index is 0.0418. The predicted molar refractivity (Wildman–Crippen MR) is 134 cm³/mol. The van der Waals surface area contributed by atoms with Gasteiger partial charge in [0, 0.05) is 38.6 Å². The van der Waals surface area contributed by atoms with Gasteiger partial charge in [0.15, 0.2) is 0 Å². The lowest BCUT2D eigenvalue weighted by molar-refractivity contribution is 0.0925. The minimum Gasteiger partial charge on any atom is -0.376 e. The molecule has 1 aromatic heterocycles. The van der Waals surface area contributed by atoms with E-state index in [4.69, 9.17) is 4.74 Å². The first kappa shape index (κ1) is 25.3. The van der Waals surface area contributed by atoms with Gasteiger partial charge >= 0.3 is 0 Å². The number of hydrogen-bond acceptors (Lipinski definition) is 4. The zero-order valence-electron chi connectivity index (χ0n) is 20.3. The van der Waals surface area contributed by atoms with Crippen LogP contribution in [-0.2, 0) is 24.2 Å². The largest absolute Gasteiger partial charge is 0.376 e. The zero-order valence-corrected chi connectivity index (χ0v) is 20.3.